The molecule has 0 fully saturated rings. The lowest BCUT2D eigenvalue weighted by atomic mass is 10.1. The largest absolute Gasteiger partial charge is 0.444 e. The number of benzene rings is 2. The van der Waals surface area contributed by atoms with Crippen molar-refractivity contribution in [1.29, 1.82) is 0 Å². The molecule has 5 heteroatoms. The Morgan fingerprint density at radius 1 is 0.952 bits per heavy atom. The van der Waals surface area contributed by atoms with Gasteiger partial charge in [0.1, 0.15) is 5.52 Å². The third-order valence-corrected chi connectivity index (χ3v) is 3.87. The van der Waals surface area contributed by atoms with Crippen molar-refractivity contribution in [2.75, 3.05) is 0 Å². The molecule has 0 saturated carbocycles. The van der Waals surface area contributed by atoms with E-state index in [0.717, 1.165) is 31.6 Å². The average Bonchev–Trinajstić information content (AvgIpc) is 3.16. The van der Waals surface area contributed by atoms with Crippen LogP contribution in [0.2, 0.25) is 0 Å². The zero-order chi connectivity index (χ0) is 14.2. The van der Waals surface area contributed by atoms with Crippen LogP contribution in [0.5, 0.6) is 0 Å². The van der Waals surface area contributed by atoms with E-state index in [1.54, 1.807) is 6.20 Å². The molecule has 2 heterocycles. The predicted octanol–water partition coefficient (Wildman–Crippen LogP) is 4.75. The summed E-state index contributed by atoms with van der Waals surface area (Å²) >= 11 is 2.26. The molecule has 0 saturated heterocycles. The Hall–Kier alpha value is -2.15. The smallest absolute Gasteiger partial charge is 0.227 e. The van der Waals surface area contributed by atoms with Gasteiger partial charge in [0.2, 0.25) is 5.89 Å². The molecule has 4 aromatic rings. The number of oxazole rings is 2. The predicted molar refractivity (Wildman–Crippen MR) is 87.7 cm³/mol. The van der Waals surface area contributed by atoms with Gasteiger partial charge in [-0.15, -0.1) is 0 Å². The van der Waals surface area contributed by atoms with Crippen molar-refractivity contribution in [2.24, 2.45) is 0 Å². The Morgan fingerprint density at radius 3 is 2.52 bits per heavy atom. The van der Waals surface area contributed by atoms with E-state index < -0.39 is 0 Å². The van der Waals surface area contributed by atoms with Gasteiger partial charge in [0.15, 0.2) is 17.7 Å². The second-order valence-corrected chi connectivity index (χ2v) is 5.82. The quantitative estimate of drug-likeness (QED) is 0.465. The summed E-state index contributed by atoms with van der Waals surface area (Å²) in [6, 6.07) is 13.8. The van der Waals surface area contributed by atoms with Gasteiger partial charge in [0.25, 0.3) is 0 Å². The number of nitrogens with zero attached hydrogens (tertiary/aromatic N) is 2. The lowest BCUT2D eigenvalue weighted by Crippen LogP contribution is -1.78. The number of halogens is 1. The van der Waals surface area contributed by atoms with Crippen LogP contribution in [0.3, 0.4) is 0 Å². The standard InChI is InChI=1S/C16H9IN2O2/c17-12-5-6-13-14(7-12)21-16(19-13)11-3-1-10(2-4-11)15-8-18-9-20-15/h1-9H. The zero-order valence-electron chi connectivity index (χ0n) is 10.8. The normalized spacial score (nSPS) is 11.1. The highest BCUT2D eigenvalue weighted by molar-refractivity contribution is 14.1. The van der Waals surface area contributed by atoms with Crippen molar-refractivity contribution < 1.29 is 8.83 Å². The molecule has 0 aliphatic heterocycles. The maximum absolute atomic E-state index is 5.81. The monoisotopic (exact) mass is 388 g/mol. The first kappa shape index (κ1) is 12.6. The molecule has 0 radical (unpaired) electrons. The fraction of sp³-hybridized carbons (Fsp3) is 0. The van der Waals surface area contributed by atoms with Crippen LogP contribution in [0.25, 0.3) is 33.9 Å². The van der Waals surface area contributed by atoms with Crippen LogP contribution in [0.15, 0.2) is 63.9 Å². The number of rotatable bonds is 2. The minimum Gasteiger partial charge on any atom is -0.444 e. The second kappa shape index (κ2) is 5.00. The van der Waals surface area contributed by atoms with Crippen LogP contribution >= 0.6 is 22.6 Å². The SMILES string of the molecule is Ic1ccc2nc(-c3ccc(-c4cnco4)cc3)oc2c1. The maximum atomic E-state index is 5.81. The van der Waals surface area contributed by atoms with E-state index >= 15 is 0 Å². The molecule has 0 bridgehead atoms. The van der Waals surface area contributed by atoms with Crippen molar-refractivity contribution in [3.05, 3.63) is 58.6 Å². The molecule has 4 rings (SSSR count). The van der Waals surface area contributed by atoms with Crippen LogP contribution in [-0.4, -0.2) is 9.97 Å². The molecule has 0 N–H and O–H groups in total. The summed E-state index contributed by atoms with van der Waals surface area (Å²) < 4.78 is 12.2. The number of hydrogen-bond donors (Lipinski definition) is 0. The first-order valence-corrected chi connectivity index (χ1v) is 7.43. The van der Waals surface area contributed by atoms with Gasteiger partial charge in [-0.3, -0.25) is 0 Å². The van der Waals surface area contributed by atoms with Crippen molar-refractivity contribution in [1.82, 2.24) is 9.97 Å². The van der Waals surface area contributed by atoms with E-state index in [9.17, 15) is 0 Å². The van der Waals surface area contributed by atoms with Crippen LogP contribution in [0, 0.1) is 3.57 Å². The minimum absolute atomic E-state index is 0.621. The van der Waals surface area contributed by atoms with E-state index in [1.807, 2.05) is 42.5 Å². The Labute approximate surface area is 134 Å². The first-order valence-electron chi connectivity index (χ1n) is 6.35. The third kappa shape index (κ3) is 2.33. The summed E-state index contributed by atoms with van der Waals surface area (Å²) in [5, 5.41) is 0. The molecule has 0 spiro atoms. The van der Waals surface area contributed by atoms with Gasteiger partial charge in [-0.2, -0.15) is 0 Å². The van der Waals surface area contributed by atoms with Crippen LogP contribution < -0.4 is 0 Å². The second-order valence-electron chi connectivity index (χ2n) is 4.57. The average molecular weight is 388 g/mol. The number of fused-ring (bicyclic) bond motifs is 1. The van der Waals surface area contributed by atoms with Crippen LogP contribution in [0.1, 0.15) is 0 Å². The fourth-order valence-electron chi connectivity index (χ4n) is 2.16. The van der Waals surface area contributed by atoms with Crippen LogP contribution in [-0.2, 0) is 0 Å². The van der Waals surface area contributed by atoms with Gasteiger partial charge >= 0.3 is 0 Å². The molecule has 4 nitrogen and oxygen atoms in total. The Balaban J connectivity index is 1.74. The Kier molecular flexibility index (Phi) is 2.99. The van der Waals surface area contributed by atoms with Gasteiger partial charge in [-0.1, -0.05) is 12.1 Å². The Bertz CT molecular complexity index is 896. The zero-order valence-corrected chi connectivity index (χ0v) is 12.9. The topological polar surface area (TPSA) is 52.1 Å². The summed E-state index contributed by atoms with van der Waals surface area (Å²) in [6.45, 7) is 0. The van der Waals surface area contributed by atoms with Gasteiger partial charge < -0.3 is 8.83 Å². The van der Waals surface area contributed by atoms with Gasteiger partial charge in [0.05, 0.1) is 6.20 Å². The van der Waals surface area contributed by atoms with Gasteiger partial charge in [-0.05, 0) is 52.9 Å². The first-order chi connectivity index (χ1) is 10.3. The van der Waals surface area contributed by atoms with E-state index in [2.05, 4.69) is 32.6 Å². The molecule has 0 aliphatic rings. The summed E-state index contributed by atoms with van der Waals surface area (Å²) in [4.78, 5) is 8.43. The summed E-state index contributed by atoms with van der Waals surface area (Å²) in [5.41, 5.74) is 3.58. The molecule has 0 unspecified atom stereocenters. The van der Waals surface area contributed by atoms with Crippen LogP contribution in [0.4, 0.5) is 0 Å². The van der Waals surface area contributed by atoms with E-state index in [0.29, 0.717) is 5.89 Å². The highest BCUT2D eigenvalue weighted by atomic mass is 127. The summed E-state index contributed by atoms with van der Waals surface area (Å²) in [6.07, 6.45) is 3.11. The number of aromatic nitrogens is 2. The third-order valence-electron chi connectivity index (χ3n) is 3.20. The fourth-order valence-corrected chi connectivity index (χ4v) is 2.62. The maximum Gasteiger partial charge on any atom is 0.227 e. The van der Waals surface area contributed by atoms with E-state index in [1.165, 1.54) is 6.39 Å². The highest BCUT2D eigenvalue weighted by Gasteiger charge is 2.09. The number of hydrogen-bond acceptors (Lipinski definition) is 4. The highest BCUT2D eigenvalue weighted by Crippen LogP contribution is 2.27. The lowest BCUT2D eigenvalue weighted by Gasteiger charge is -1.98. The van der Waals surface area contributed by atoms with Crippen molar-refractivity contribution in [3.63, 3.8) is 0 Å². The molecule has 21 heavy (non-hydrogen) atoms. The van der Waals surface area contributed by atoms with Crippen molar-refractivity contribution >= 4 is 33.7 Å². The van der Waals surface area contributed by atoms with E-state index in [4.69, 9.17) is 8.83 Å². The minimum atomic E-state index is 0.621. The van der Waals surface area contributed by atoms with Crippen molar-refractivity contribution in [2.45, 2.75) is 0 Å². The van der Waals surface area contributed by atoms with E-state index in [-0.39, 0.29) is 0 Å². The molecule has 0 aliphatic carbocycles. The molecule has 102 valence electrons. The molecule has 0 atom stereocenters. The molecule has 0 amide bonds. The molecular formula is C16H9IN2O2. The van der Waals surface area contributed by atoms with Crippen molar-refractivity contribution in [3.8, 4) is 22.8 Å². The van der Waals surface area contributed by atoms with Gasteiger partial charge in [0, 0.05) is 14.7 Å². The summed E-state index contributed by atoms with van der Waals surface area (Å²) in [5.74, 6) is 1.37. The molecule has 2 aromatic carbocycles. The molecular weight excluding hydrogens is 379 g/mol. The lowest BCUT2D eigenvalue weighted by molar-refractivity contribution is 0.572. The Morgan fingerprint density at radius 2 is 1.76 bits per heavy atom. The molecule has 2 aromatic heterocycles. The summed E-state index contributed by atoms with van der Waals surface area (Å²) in [7, 11) is 0. The van der Waals surface area contributed by atoms with Gasteiger partial charge in [-0.25, -0.2) is 9.97 Å².